The largest absolute Gasteiger partial charge is 0.322 e. The number of carbonyl (C=O) groups excluding carboxylic acids is 2. The van der Waals surface area contributed by atoms with Crippen molar-refractivity contribution in [3.63, 3.8) is 0 Å². The molecule has 0 aromatic heterocycles. The zero-order valence-corrected chi connectivity index (χ0v) is 17.7. The van der Waals surface area contributed by atoms with Gasteiger partial charge in [-0.15, -0.1) is 0 Å². The molecule has 2 atom stereocenters. The number of piperidine rings is 1. The highest BCUT2D eigenvalue weighted by molar-refractivity contribution is 7.89. The van der Waals surface area contributed by atoms with Crippen molar-refractivity contribution in [1.29, 1.82) is 0 Å². The Morgan fingerprint density at radius 3 is 1.93 bits per heavy atom. The predicted molar refractivity (Wildman–Crippen MR) is 113 cm³/mol. The first-order chi connectivity index (χ1) is 13.7. The molecule has 0 radical (unpaired) electrons. The fraction of sp³-hybridized carbons (Fsp3) is 0.364. The van der Waals surface area contributed by atoms with Crippen LogP contribution in [0.2, 0.25) is 0 Å². The molecule has 7 heteroatoms. The lowest BCUT2D eigenvalue weighted by Crippen LogP contribution is -2.42. The van der Waals surface area contributed by atoms with Gasteiger partial charge in [-0.3, -0.25) is 9.59 Å². The first-order valence-electron chi connectivity index (χ1n) is 9.69. The highest BCUT2D eigenvalue weighted by atomic mass is 32.2. The van der Waals surface area contributed by atoms with E-state index in [1.54, 1.807) is 24.3 Å². The summed E-state index contributed by atoms with van der Waals surface area (Å²) in [4.78, 5) is 24.0. The molecule has 1 fully saturated rings. The second-order valence-corrected chi connectivity index (χ2v) is 9.82. The topological polar surface area (TPSA) is 83.5 Å². The monoisotopic (exact) mass is 414 g/mol. The van der Waals surface area contributed by atoms with E-state index in [0.29, 0.717) is 41.7 Å². The molecular formula is C22H26N2O4S. The predicted octanol–water partition coefficient (Wildman–Crippen LogP) is 3.81. The van der Waals surface area contributed by atoms with Gasteiger partial charge >= 0.3 is 0 Å². The van der Waals surface area contributed by atoms with E-state index >= 15 is 0 Å². The molecule has 6 nitrogen and oxygen atoms in total. The number of nitrogens with zero attached hydrogens (tertiary/aromatic N) is 1. The minimum atomic E-state index is -3.57. The normalized spacial score (nSPS) is 20.2. The van der Waals surface area contributed by atoms with Gasteiger partial charge in [0.15, 0.2) is 5.78 Å². The molecule has 2 aromatic rings. The summed E-state index contributed by atoms with van der Waals surface area (Å²) in [5, 5.41) is 2.75. The summed E-state index contributed by atoms with van der Waals surface area (Å²) in [6.45, 7) is 6.65. The average molecular weight is 415 g/mol. The summed E-state index contributed by atoms with van der Waals surface area (Å²) in [7, 11) is -3.57. The van der Waals surface area contributed by atoms with E-state index in [0.717, 1.165) is 6.42 Å². The SMILES string of the molecule is CC(=O)c1ccc(NC(=O)c2ccc(S(=O)(=O)N3C[C@@H](C)C[C@H](C)C3)cc2)cc1. The molecule has 154 valence electrons. The highest BCUT2D eigenvalue weighted by Gasteiger charge is 2.31. The third kappa shape index (κ3) is 4.92. The highest BCUT2D eigenvalue weighted by Crippen LogP contribution is 2.26. The van der Waals surface area contributed by atoms with Crippen LogP contribution in [0, 0.1) is 11.8 Å². The molecule has 0 spiro atoms. The fourth-order valence-electron chi connectivity index (χ4n) is 3.72. The van der Waals surface area contributed by atoms with E-state index in [2.05, 4.69) is 19.2 Å². The van der Waals surface area contributed by atoms with Crippen molar-refractivity contribution in [2.24, 2.45) is 11.8 Å². The molecule has 1 saturated heterocycles. The van der Waals surface area contributed by atoms with Crippen LogP contribution in [0.5, 0.6) is 0 Å². The molecule has 1 amide bonds. The maximum Gasteiger partial charge on any atom is 0.255 e. The van der Waals surface area contributed by atoms with Gasteiger partial charge in [0.2, 0.25) is 10.0 Å². The number of anilines is 1. The molecular weight excluding hydrogens is 388 g/mol. The molecule has 1 heterocycles. The van der Waals surface area contributed by atoms with Gasteiger partial charge in [-0.05, 0) is 73.7 Å². The average Bonchev–Trinajstić information content (AvgIpc) is 2.67. The summed E-state index contributed by atoms with van der Waals surface area (Å²) in [5.41, 5.74) is 1.49. The third-order valence-electron chi connectivity index (χ3n) is 5.14. The molecule has 1 N–H and O–H groups in total. The Labute approximate surface area is 172 Å². The Hall–Kier alpha value is -2.51. The van der Waals surface area contributed by atoms with Crippen LogP contribution in [-0.4, -0.2) is 37.5 Å². The summed E-state index contributed by atoms with van der Waals surface area (Å²) < 4.78 is 27.4. The Morgan fingerprint density at radius 1 is 0.897 bits per heavy atom. The van der Waals surface area contributed by atoms with Crippen molar-refractivity contribution in [3.8, 4) is 0 Å². The lowest BCUT2D eigenvalue weighted by atomic mass is 9.94. The number of ketones is 1. The van der Waals surface area contributed by atoms with Crippen molar-refractivity contribution < 1.29 is 18.0 Å². The van der Waals surface area contributed by atoms with Crippen molar-refractivity contribution in [1.82, 2.24) is 4.31 Å². The molecule has 0 unspecified atom stereocenters. The lowest BCUT2D eigenvalue weighted by Gasteiger charge is -2.34. The molecule has 29 heavy (non-hydrogen) atoms. The molecule has 2 aromatic carbocycles. The van der Waals surface area contributed by atoms with Gasteiger partial charge in [-0.25, -0.2) is 8.42 Å². The first-order valence-corrected chi connectivity index (χ1v) is 11.1. The molecule has 3 rings (SSSR count). The van der Waals surface area contributed by atoms with E-state index in [9.17, 15) is 18.0 Å². The van der Waals surface area contributed by atoms with E-state index in [4.69, 9.17) is 0 Å². The number of Topliss-reactive ketones (excluding diaryl/α,β-unsaturated/α-hetero) is 1. The van der Waals surface area contributed by atoms with Crippen LogP contribution >= 0.6 is 0 Å². The minimum Gasteiger partial charge on any atom is -0.322 e. The summed E-state index contributed by atoms with van der Waals surface area (Å²) in [5.74, 6) is 0.267. The smallest absolute Gasteiger partial charge is 0.255 e. The number of sulfonamides is 1. The second-order valence-electron chi connectivity index (χ2n) is 7.88. The van der Waals surface area contributed by atoms with Gasteiger partial charge in [-0.2, -0.15) is 4.31 Å². The lowest BCUT2D eigenvalue weighted by molar-refractivity contribution is 0.101. The Kier molecular flexibility index (Phi) is 6.19. The van der Waals surface area contributed by atoms with Crippen molar-refractivity contribution in [2.45, 2.75) is 32.1 Å². The van der Waals surface area contributed by atoms with Crippen molar-refractivity contribution >= 4 is 27.4 Å². The number of hydrogen-bond donors (Lipinski definition) is 1. The number of rotatable bonds is 5. The minimum absolute atomic E-state index is 0.0443. The van der Waals surface area contributed by atoms with Crippen LogP contribution in [0.15, 0.2) is 53.4 Å². The summed E-state index contributed by atoms with van der Waals surface area (Å²) >= 11 is 0. The fourth-order valence-corrected chi connectivity index (χ4v) is 5.40. The van der Waals surface area contributed by atoms with Crippen LogP contribution in [-0.2, 0) is 10.0 Å². The number of carbonyl (C=O) groups is 2. The maximum atomic E-state index is 12.9. The quantitative estimate of drug-likeness (QED) is 0.754. The van der Waals surface area contributed by atoms with Gasteiger partial charge in [0.25, 0.3) is 5.91 Å². The molecule has 1 aliphatic rings. The van der Waals surface area contributed by atoms with E-state index < -0.39 is 10.0 Å². The second kappa shape index (κ2) is 8.47. The number of hydrogen-bond acceptors (Lipinski definition) is 4. The maximum absolute atomic E-state index is 12.9. The van der Waals surface area contributed by atoms with Crippen LogP contribution in [0.25, 0.3) is 0 Å². The number of amides is 1. The Balaban J connectivity index is 1.72. The van der Waals surface area contributed by atoms with Crippen LogP contribution in [0.1, 0.15) is 47.9 Å². The van der Waals surface area contributed by atoms with Crippen molar-refractivity contribution in [2.75, 3.05) is 18.4 Å². The Morgan fingerprint density at radius 2 is 1.41 bits per heavy atom. The molecule has 0 aliphatic carbocycles. The van der Waals surface area contributed by atoms with Gasteiger partial charge in [0.05, 0.1) is 4.90 Å². The van der Waals surface area contributed by atoms with E-state index in [1.807, 2.05) is 0 Å². The number of nitrogens with one attached hydrogen (secondary N) is 1. The standard InChI is InChI=1S/C22H26N2O4S/c1-15-12-16(2)14-24(13-15)29(27,28)21-10-6-19(7-11-21)22(26)23-20-8-4-18(5-9-20)17(3)25/h4-11,15-16H,12-14H2,1-3H3,(H,23,26)/t15-,16-/m0/s1. The van der Waals surface area contributed by atoms with E-state index in [1.165, 1.54) is 35.5 Å². The van der Waals surface area contributed by atoms with Gasteiger partial charge in [0, 0.05) is 29.9 Å². The summed E-state index contributed by atoms with van der Waals surface area (Å²) in [6, 6.07) is 12.6. The van der Waals surface area contributed by atoms with Gasteiger partial charge in [-0.1, -0.05) is 13.8 Å². The van der Waals surface area contributed by atoms with Gasteiger partial charge in [0.1, 0.15) is 0 Å². The zero-order valence-electron chi connectivity index (χ0n) is 16.9. The zero-order chi connectivity index (χ0) is 21.2. The van der Waals surface area contributed by atoms with E-state index in [-0.39, 0.29) is 16.6 Å². The summed E-state index contributed by atoms with van der Waals surface area (Å²) in [6.07, 6.45) is 1.03. The third-order valence-corrected chi connectivity index (χ3v) is 6.98. The molecule has 0 saturated carbocycles. The molecule has 1 aliphatic heterocycles. The van der Waals surface area contributed by atoms with Crippen molar-refractivity contribution in [3.05, 3.63) is 59.7 Å². The molecule has 0 bridgehead atoms. The Bertz CT molecular complexity index is 988. The van der Waals surface area contributed by atoms with Crippen LogP contribution in [0.3, 0.4) is 0 Å². The van der Waals surface area contributed by atoms with Crippen LogP contribution in [0.4, 0.5) is 5.69 Å². The van der Waals surface area contributed by atoms with Crippen LogP contribution < -0.4 is 5.32 Å². The first kappa shape index (κ1) is 21.2. The van der Waals surface area contributed by atoms with Gasteiger partial charge < -0.3 is 5.32 Å². The number of benzene rings is 2.